The standard InChI is InChI=1S/C21H34N2O4/c1-8-16-13-23(20(24)27-21(5,6)7)15(4)11-18(16)26-19-10-9-17(12-22-19)25-14(2)3/h9-10,12,14-16,18H,8,11,13H2,1-7H3/t15-,16-,18-/m0/s1. The highest BCUT2D eigenvalue weighted by molar-refractivity contribution is 5.68. The fourth-order valence-electron chi connectivity index (χ4n) is 3.25. The number of carbonyl (C=O) groups is 1. The van der Waals surface area contributed by atoms with Gasteiger partial charge in [-0.2, -0.15) is 0 Å². The number of ether oxygens (including phenoxy) is 3. The van der Waals surface area contributed by atoms with Crippen molar-refractivity contribution in [1.29, 1.82) is 0 Å². The second kappa shape index (κ2) is 8.81. The predicted molar refractivity (Wildman–Crippen MR) is 105 cm³/mol. The number of rotatable bonds is 5. The van der Waals surface area contributed by atoms with Gasteiger partial charge in [-0.1, -0.05) is 6.92 Å². The Labute approximate surface area is 163 Å². The summed E-state index contributed by atoms with van der Waals surface area (Å²) in [6, 6.07) is 3.77. The molecular formula is C21H34N2O4. The molecule has 1 aromatic rings. The topological polar surface area (TPSA) is 60.9 Å². The second-order valence-corrected chi connectivity index (χ2v) is 8.54. The summed E-state index contributed by atoms with van der Waals surface area (Å²) in [6.45, 7) is 14.4. The van der Waals surface area contributed by atoms with E-state index in [2.05, 4.69) is 11.9 Å². The Bertz CT molecular complexity index is 610. The van der Waals surface area contributed by atoms with Crippen LogP contribution in [0.15, 0.2) is 18.3 Å². The lowest BCUT2D eigenvalue weighted by Gasteiger charge is -2.42. The van der Waals surface area contributed by atoms with Crippen LogP contribution >= 0.6 is 0 Å². The van der Waals surface area contributed by atoms with E-state index < -0.39 is 5.60 Å². The Kier molecular flexibility index (Phi) is 6.95. The van der Waals surface area contributed by atoms with E-state index in [1.807, 2.05) is 58.6 Å². The highest BCUT2D eigenvalue weighted by Crippen LogP contribution is 2.29. The van der Waals surface area contributed by atoms with Crippen LogP contribution in [0, 0.1) is 5.92 Å². The van der Waals surface area contributed by atoms with E-state index in [0.29, 0.717) is 12.4 Å². The molecule has 1 aliphatic rings. The summed E-state index contributed by atoms with van der Waals surface area (Å²) in [6.07, 6.45) is 3.25. The van der Waals surface area contributed by atoms with Gasteiger partial charge in [0.25, 0.3) is 0 Å². The molecule has 152 valence electrons. The zero-order chi connectivity index (χ0) is 20.2. The van der Waals surface area contributed by atoms with Crippen LogP contribution in [0.5, 0.6) is 11.6 Å². The van der Waals surface area contributed by atoms with Crippen molar-refractivity contribution in [1.82, 2.24) is 9.88 Å². The lowest BCUT2D eigenvalue weighted by Crippen LogP contribution is -2.53. The van der Waals surface area contributed by atoms with E-state index in [4.69, 9.17) is 14.2 Å². The van der Waals surface area contributed by atoms with E-state index in [9.17, 15) is 4.79 Å². The molecule has 1 fully saturated rings. The van der Waals surface area contributed by atoms with Gasteiger partial charge in [-0.15, -0.1) is 0 Å². The molecule has 0 saturated carbocycles. The molecule has 1 aromatic heterocycles. The van der Waals surface area contributed by atoms with Crippen molar-refractivity contribution in [2.24, 2.45) is 5.92 Å². The Hall–Kier alpha value is -1.98. The van der Waals surface area contributed by atoms with E-state index in [1.165, 1.54) is 0 Å². The van der Waals surface area contributed by atoms with Gasteiger partial charge in [0, 0.05) is 31.0 Å². The lowest BCUT2D eigenvalue weighted by atomic mass is 9.88. The molecule has 2 rings (SSSR count). The van der Waals surface area contributed by atoms with Crippen LogP contribution in [0.2, 0.25) is 0 Å². The quantitative estimate of drug-likeness (QED) is 0.745. The Morgan fingerprint density at radius 3 is 2.56 bits per heavy atom. The van der Waals surface area contributed by atoms with Crippen LogP contribution in [-0.4, -0.2) is 46.4 Å². The summed E-state index contributed by atoms with van der Waals surface area (Å²) in [5.74, 6) is 1.56. The Morgan fingerprint density at radius 1 is 1.33 bits per heavy atom. The number of amides is 1. The Balaban J connectivity index is 2.01. The van der Waals surface area contributed by atoms with Gasteiger partial charge in [0.05, 0.1) is 12.3 Å². The van der Waals surface area contributed by atoms with Crippen molar-refractivity contribution in [3.8, 4) is 11.6 Å². The highest BCUT2D eigenvalue weighted by Gasteiger charge is 2.38. The predicted octanol–water partition coefficient (Wildman–Crippen LogP) is 4.67. The summed E-state index contributed by atoms with van der Waals surface area (Å²) in [5.41, 5.74) is -0.490. The SMILES string of the molecule is CC[C@H]1CN(C(=O)OC(C)(C)C)[C@@H](C)C[C@@H]1Oc1ccc(OC(C)C)cn1. The molecule has 1 saturated heterocycles. The van der Waals surface area contributed by atoms with Crippen LogP contribution in [0.1, 0.15) is 61.3 Å². The minimum Gasteiger partial charge on any atom is -0.489 e. The first-order valence-corrected chi connectivity index (χ1v) is 9.88. The maximum atomic E-state index is 12.5. The molecule has 0 radical (unpaired) electrons. The first-order valence-electron chi connectivity index (χ1n) is 9.88. The summed E-state index contributed by atoms with van der Waals surface area (Å²) in [5, 5.41) is 0. The average molecular weight is 379 g/mol. The van der Waals surface area contributed by atoms with Gasteiger partial charge in [-0.3, -0.25) is 0 Å². The molecule has 1 aliphatic heterocycles. The van der Waals surface area contributed by atoms with Gasteiger partial charge in [0.15, 0.2) is 0 Å². The molecule has 0 unspecified atom stereocenters. The molecule has 6 heteroatoms. The molecule has 0 aromatic carbocycles. The van der Waals surface area contributed by atoms with Gasteiger partial charge in [0.1, 0.15) is 17.5 Å². The second-order valence-electron chi connectivity index (χ2n) is 8.54. The monoisotopic (exact) mass is 378 g/mol. The van der Waals surface area contributed by atoms with Crippen LogP contribution in [0.4, 0.5) is 4.79 Å². The molecule has 6 nitrogen and oxygen atoms in total. The highest BCUT2D eigenvalue weighted by atomic mass is 16.6. The normalized spacial score (nSPS) is 23.3. The molecule has 2 heterocycles. The minimum atomic E-state index is -0.490. The van der Waals surface area contributed by atoms with Gasteiger partial charge in [0.2, 0.25) is 5.88 Å². The number of nitrogens with zero attached hydrogens (tertiary/aromatic N) is 2. The van der Waals surface area contributed by atoms with Crippen LogP contribution in [0.3, 0.4) is 0 Å². The lowest BCUT2D eigenvalue weighted by molar-refractivity contribution is -0.0212. The van der Waals surface area contributed by atoms with Crippen molar-refractivity contribution >= 4 is 6.09 Å². The van der Waals surface area contributed by atoms with Crippen LogP contribution in [0.25, 0.3) is 0 Å². The molecule has 0 aliphatic carbocycles. The number of piperidine rings is 1. The van der Waals surface area contributed by atoms with Gasteiger partial charge in [-0.05, 0) is 54.0 Å². The van der Waals surface area contributed by atoms with Crippen molar-refractivity contribution in [3.05, 3.63) is 18.3 Å². The summed E-state index contributed by atoms with van der Waals surface area (Å²) in [4.78, 5) is 18.7. The van der Waals surface area contributed by atoms with Crippen molar-refractivity contribution in [2.45, 2.75) is 85.2 Å². The molecule has 0 N–H and O–H groups in total. The number of aromatic nitrogens is 1. The molecule has 27 heavy (non-hydrogen) atoms. The van der Waals surface area contributed by atoms with E-state index in [-0.39, 0.29) is 30.3 Å². The number of pyridine rings is 1. The van der Waals surface area contributed by atoms with E-state index >= 15 is 0 Å². The fourth-order valence-corrected chi connectivity index (χ4v) is 3.25. The summed E-state index contributed by atoms with van der Waals surface area (Å²) in [7, 11) is 0. The third-order valence-corrected chi connectivity index (χ3v) is 4.57. The maximum absolute atomic E-state index is 12.5. The minimum absolute atomic E-state index is 0.0213. The molecular weight excluding hydrogens is 344 g/mol. The third-order valence-electron chi connectivity index (χ3n) is 4.57. The van der Waals surface area contributed by atoms with Gasteiger partial charge in [-0.25, -0.2) is 9.78 Å². The number of carbonyl (C=O) groups excluding carboxylic acids is 1. The van der Waals surface area contributed by atoms with Crippen molar-refractivity contribution in [2.75, 3.05) is 6.54 Å². The third kappa shape index (κ3) is 6.29. The average Bonchev–Trinajstić information content (AvgIpc) is 2.54. The Morgan fingerprint density at radius 2 is 2.04 bits per heavy atom. The molecule has 1 amide bonds. The van der Waals surface area contributed by atoms with Crippen molar-refractivity contribution in [3.63, 3.8) is 0 Å². The van der Waals surface area contributed by atoms with Gasteiger partial charge >= 0.3 is 6.09 Å². The molecule has 3 atom stereocenters. The number of hydrogen-bond acceptors (Lipinski definition) is 5. The zero-order valence-corrected chi connectivity index (χ0v) is 17.7. The zero-order valence-electron chi connectivity index (χ0n) is 17.7. The largest absolute Gasteiger partial charge is 0.489 e. The van der Waals surface area contributed by atoms with Crippen LogP contribution in [-0.2, 0) is 4.74 Å². The van der Waals surface area contributed by atoms with E-state index in [1.54, 1.807) is 6.20 Å². The number of hydrogen-bond donors (Lipinski definition) is 0. The molecule has 0 spiro atoms. The van der Waals surface area contributed by atoms with Crippen LogP contribution < -0.4 is 9.47 Å². The summed E-state index contributed by atoms with van der Waals surface area (Å²) >= 11 is 0. The van der Waals surface area contributed by atoms with E-state index in [0.717, 1.165) is 18.6 Å². The molecule has 0 bridgehead atoms. The first kappa shape index (κ1) is 21.3. The summed E-state index contributed by atoms with van der Waals surface area (Å²) < 4.78 is 17.4. The first-order chi connectivity index (χ1) is 12.6. The van der Waals surface area contributed by atoms with Gasteiger partial charge < -0.3 is 19.1 Å². The maximum Gasteiger partial charge on any atom is 0.410 e. The fraction of sp³-hybridized carbons (Fsp3) is 0.714. The number of likely N-dealkylation sites (tertiary alicyclic amines) is 1. The van der Waals surface area contributed by atoms with Crippen molar-refractivity contribution < 1.29 is 19.0 Å². The smallest absolute Gasteiger partial charge is 0.410 e.